The zero-order valence-electron chi connectivity index (χ0n) is 13.2. The fraction of sp³-hybridized carbons (Fsp3) is 0.111. The fourth-order valence-corrected chi connectivity index (χ4v) is 2.92. The zero-order chi connectivity index (χ0) is 16.4. The van der Waals surface area contributed by atoms with Crippen molar-refractivity contribution in [2.24, 2.45) is 0 Å². The van der Waals surface area contributed by atoms with Crippen LogP contribution in [0.25, 0.3) is 22.6 Å². The number of halogens is 2. The van der Waals surface area contributed by atoms with Crippen molar-refractivity contribution >= 4 is 56.6 Å². The third kappa shape index (κ3) is 3.45. The average Bonchev–Trinajstić information content (AvgIpc) is 2.95. The number of anilines is 1. The number of rotatable bonds is 3. The average molecular weight is 404 g/mol. The summed E-state index contributed by atoms with van der Waals surface area (Å²) in [5.41, 5.74) is 4.43. The van der Waals surface area contributed by atoms with Gasteiger partial charge < -0.3 is 9.88 Å². The van der Waals surface area contributed by atoms with Gasteiger partial charge in [0.2, 0.25) is 0 Å². The van der Waals surface area contributed by atoms with Gasteiger partial charge in [-0.3, -0.25) is 4.98 Å². The van der Waals surface area contributed by atoms with Crippen molar-refractivity contribution in [2.45, 2.75) is 0 Å². The van der Waals surface area contributed by atoms with Gasteiger partial charge in [-0.05, 0) is 30.3 Å². The van der Waals surface area contributed by atoms with E-state index in [4.69, 9.17) is 0 Å². The maximum absolute atomic E-state index is 9.64. The minimum atomic E-state index is 0. The van der Waals surface area contributed by atoms with Crippen LogP contribution in [0.2, 0.25) is 0 Å². The van der Waals surface area contributed by atoms with Crippen LogP contribution in [0.3, 0.4) is 0 Å². The summed E-state index contributed by atoms with van der Waals surface area (Å²) in [5.74, 6) is 0. The van der Waals surface area contributed by atoms with E-state index in [1.54, 1.807) is 12.4 Å². The number of nitriles is 1. The number of aromatic amines is 1. The van der Waals surface area contributed by atoms with Crippen molar-refractivity contribution in [3.8, 4) is 6.07 Å². The summed E-state index contributed by atoms with van der Waals surface area (Å²) in [6.07, 6.45) is 7.28. The largest absolute Gasteiger partial charge is 0.377 e. The Morgan fingerprint density at radius 1 is 1.33 bits per heavy atom. The van der Waals surface area contributed by atoms with Crippen LogP contribution in [0.1, 0.15) is 11.1 Å². The third-order valence-corrected chi connectivity index (χ3v) is 4.16. The van der Waals surface area contributed by atoms with E-state index in [0.29, 0.717) is 5.57 Å². The van der Waals surface area contributed by atoms with Gasteiger partial charge in [0, 0.05) is 64.9 Å². The standard InChI is InChI=1S/C18H15BrN4.ClH/c1-23(2)18-5-6-21-10-13(18)7-12(9-20)16-11-22-17-4-3-14(19)8-15(16)17;/h3-8,10-11,22H,1-2H3;1H/b12-7+;. The first-order valence-corrected chi connectivity index (χ1v) is 7.89. The SMILES string of the molecule is CN(C)c1ccncc1/C=C(\C#N)c1c[nH]c2ccc(Br)cc12.Cl. The molecule has 24 heavy (non-hydrogen) atoms. The lowest BCUT2D eigenvalue weighted by Gasteiger charge is -2.15. The Kier molecular flexibility index (Phi) is 5.66. The number of pyridine rings is 1. The molecule has 0 radical (unpaired) electrons. The number of hydrogen-bond acceptors (Lipinski definition) is 3. The molecule has 0 saturated carbocycles. The summed E-state index contributed by atoms with van der Waals surface area (Å²) < 4.78 is 0.985. The topological polar surface area (TPSA) is 55.7 Å². The highest BCUT2D eigenvalue weighted by atomic mass is 79.9. The van der Waals surface area contributed by atoms with Gasteiger partial charge in [0.25, 0.3) is 0 Å². The van der Waals surface area contributed by atoms with E-state index in [1.165, 1.54) is 0 Å². The summed E-state index contributed by atoms with van der Waals surface area (Å²) in [6, 6.07) is 10.2. The van der Waals surface area contributed by atoms with Crippen LogP contribution in [0.15, 0.2) is 47.3 Å². The summed E-state index contributed by atoms with van der Waals surface area (Å²) in [6.45, 7) is 0. The number of hydrogen-bond donors (Lipinski definition) is 1. The van der Waals surface area contributed by atoms with Crippen molar-refractivity contribution in [1.29, 1.82) is 5.26 Å². The van der Waals surface area contributed by atoms with E-state index in [-0.39, 0.29) is 12.4 Å². The van der Waals surface area contributed by atoms with Gasteiger partial charge in [0.15, 0.2) is 0 Å². The predicted octanol–water partition coefficient (Wildman–Crippen LogP) is 4.88. The van der Waals surface area contributed by atoms with E-state index in [9.17, 15) is 5.26 Å². The second kappa shape index (κ2) is 7.52. The molecular formula is C18H16BrClN4. The molecule has 0 amide bonds. The van der Waals surface area contributed by atoms with Gasteiger partial charge in [0.1, 0.15) is 0 Å². The molecule has 0 saturated heterocycles. The number of benzene rings is 1. The van der Waals surface area contributed by atoms with Crippen molar-refractivity contribution in [3.63, 3.8) is 0 Å². The van der Waals surface area contributed by atoms with E-state index < -0.39 is 0 Å². The molecule has 3 rings (SSSR count). The van der Waals surface area contributed by atoms with E-state index in [2.05, 4.69) is 32.0 Å². The van der Waals surface area contributed by atoms with Gasteiger partial charge in [-0.2, -0.15) is 5.26 Å². The normalized spacial score (nSPS) is 11.0. The number of allylic oxidation sites excluding steroid dienone is 1. The van der Waals surface area contributed by atoms with Crippen LogP contribution in [-0.4, -0.2) is 24.1 Å². The Bertz CT molecular complexity index is 938. The molecule has 0 bridgehead atoms. The number of fused-ring (bicyclic) bond motifs is 1. The van der Waals surface area contributed by atoms with E-state index in [1.807, 2.05) is 55.5 Å². The second-order valence-electron chi connectivity index (χ2n) is 5.39. The quantitative estimate of drug-likeness (QED) is 0.634. The van der Waals surface area contributed by atoms with E-state index >= 15 is 0 Å². The van der Waals surface area contributed by atoms with Gasteiger partial charge in [-0.15, -0.1) is 12.4 Å². The Balaban J connectivity index is 0.00000208. The summed E-state index contributed by atoms with van der Waals surface area (Å²) in [5, 5.41) is 10.7. The Morgan fingerprint density at radius 2 is 2.12 bits per heavy atom. The van der Waals surface area contributed by atoms with Crippen LogP contribution in [0.5, 0.6) is 0 Å². The first kappa shape index (κ1) is 18.1. The molecule has 0 aliphatic heterocycles. The van der Waals surface area contributed by atoms with Crippen LogP contribution in [0.4, 0.5) is 5.69 Å². The maximum atomic E-state index is 9.64. The monoisotopic (exact) mass is 402 g/mol. The molecule has 1 N–H and O–H groups in total. The smallest absolute Gasteiger partial charge is 0.0999 e. The maximum Gasteiger partial charge on any atom is 0.0999 e. The zero-order valence-corrected chi connectivity index (χ0v) is 15.6. The predicted molar refractivity (Wildman–Crippen MR) is 105 cm³/mol. The molecular weight excluding hydrogens is 388 g/mol. The van der Waals surface area contributed by atoms with Crippen LogP contribution >= 0.6 is 28.3 Å². The molecule has 3 aromatic rings. The van der Waals surface area contributed by atoms with Crippen molar-refractivity contribution in [2.75, 3.05) is 19.0 Å². The number of nitrogens with zero attached hydrogens (tertiary/aromatic N) is 3. The highest BCUT2D eigenvalue weighted by Crippen LogP contribution is 2.30. The minimum Gasteiger partial charge on any atom is -0.377 e. The van der Waals surface area contributed by atoms with Crippen LogP contribution < -0.4 is 4.90 Å². The Hall–Kier alpha value is -2.29. The summed E-state index contributed by atoms with van der Waals surface area (Å²) >= 11 is 3.49. The molecule has 1 aromatic carbocycles. The number of H-pyrrole nitrogens is 1. The molecule has 0 atom stereocenters. The highest BCUT2D eigenvalue weighted by molar-refractivity contribution is 9.10. The fourth-order valence-electron chi connectivity index (χ4n) is 2.56. The van der Waals surface area contributed by atoms with E-state index in [0.717, 1.165) is 32.2 Å². The molecule has 6 heteroatoms. The number of aromatic nitrogens is 2. The molecule has 0 unspecified atom stereocenters. The van der Waals surface area contributed by atoms with Crippen molar-refractivity contribution in [1.82, 2.24) is 9.97 Å². The molecule has 2 heterocycles. The molecule has 122 valence electrons. The van der Waals surface area contributed by atoms with Gasteiger partial charge >= 0.3 is 0 Å². The Labute approximate surface area is 155 Å². The first-order chi connectivity index (χ1) is 11.1. The van der Waals surface area contributed by atoms with Gasteiger partial charge in [0.05, 0.1) is 11.6 Å². The summed E-state index contributed by atoms with van der Waals surface area (Å²) in [7, 11) is 3.95. The van der Waals surface area contributed by atoms with Gasteiger partial charge in [-0.1, -0.05) is 15.9 Å². The van der Waals surface area contributed by atoms with Crippen molar-refractivity contribution < 1.29 is 0 Å². The lowest BCUT2D eigenvalue weighted by atomic mass is 10.0. The molecule has 0 aliphatic rings. The number of nitrogens with one attached hydrogen (secondary N) is 1. The molecule has 0 fully saturated rings. The molecule has 0 spiro atoms. The molecule has 2 aromatic heterocycles. The minimum absolute atomic E-state index is 0. The van der Waals surface area contributed by atoms with Crippen LogP contribution in [-0.2, 0) is 0 Å². The first-order valence-electron chi connectivity index (χ1n) is 7.10. The van der Waals surface area contributed by atoms with Gasteiger partial charge in [-0.25, -0.2) is 0 Å². The van der Waals surface area contributed by atoms with Crippen molar-refractivity contribution in [3.05, 3.63) is 58.5 Å². The molecule has 0 aliphatic carbocycles. The third-order valence-electron chi connectivity index (χ3n) is 3.66. The highest BCUT2D eigenvalue weighted by Gasteiger charge is 2.11. The van der Waals surface area contributed by atoms with Crippen LogP contribution in [0, 0.1) is 11.3 Å². The summed E-state index contributed by atoms with van der Waals surface area (Å²) in [4.78, 5) is 9.40. The lowest BCUT2D eigenvalue weighted by molar-refractivity contribution is 1.11. The Morgan fingerprint density at radius 3 is 2.83 bits per heavy atom. The second-order valence-corrected chi connectivity index (χ2v) is 6.31. The lowest BCUT2D eigenvalue weighted by Crippen LogP contribution is -2.10. The molecule has 4 nitrogen and oxygen atoms in total.